The van der Waals surface area contributed by atoms with Crippen LogP contribution in [-0.2, 0) is 10.0 Å². The average Bonchev–Trinajstić information content (AvgIpc) is 2.60. The molecule has 7 nitrogen and oxygen atoms in total. The minimum Gasteiger partial charge on any atom is -0.322 e. The van der Waals surface area contributed by atoms with E-state index in [9.17, 15) is 13.2 Å². The molecule has 29 heavy (non-hydrogen) atoms. The topological polar surface area (TPSA) is 101 Å². The molecule has 0 fully saturated rings. The summed E-state index contributed by atoms with van der Waals surface area (Å²) < 4.78 is 27.6. The quantitative estimate of drug-likeness (QED) is 0.597. The zero-order chi connectivity index (χ0) is 21.2. The molecule has 0 saturated carbocycles. The molecule has 1 amide bonds. The molecule has 2 aromatic carbocycles. The summed E-state index contributed by atoms with van der Waals surface area (Å²) in [6.07, 6.45) is 0. The lowest BCUT2D eigenvalue weighted by atomic mass is 10.2. The molecule has 10 heteroatoms. The van der Waals surface area contributed by atoms with Crippen LogP contribution in [-0.4, -0.2) is 24.3 Å². The molecular formula is C19H16Cl2N4O3S. The molecule has 3 rings (SSSR count). The van der Waals surface area contributed by atoms with Crippen molar-refractivity contribution >= 4 is 50.6 Å². The summed E-state index contributed by atoms with van der Waals surface area (Å²) in [5.41, 5.74) is 1.31. The second-order valence-electron chi connectivity index (χ2n) is 6.15. The van der Waals surface area contributed by atoms with Gasteiger partial charge in [0.15, 0.2) is 0 Å². The number of nitrogens with zero attached hydrogens (tertiary/aromatic N) is 2. The van der Waals surface area contributed by atoms with E-state index in [1.165, 1.54) is 42.5 Å². The maximum atomic E-state index is 12.6. The summed E-state index contributed by atoms with van der Waals surface area (Å²) in [4.78, 5) is 20.6. The number of benzene rings is 2. The molecule has 0 aliphatic heterocycles. The van der Waals surface area contributed by atoms with Gasteiger partial charge in [0.05, 0.1) is 15.5 Å². The molecule has 1 aromatic heterocycles. The Morgan fingerprint density at radius 3 is 2.28 bits per heavy atom. The smallest absolute Gasteiger partial charge is 0.263 e. The molecular weight excluding hydrogens is 435 g/mol. The van der Waals surface area contributed by atoms with Crippen LogP contribution >= 0.6 is 23.2 Å². The van der Waals surface area contributed by atoms with Crippen molar-refractivity contribution in [1.29, 1.82) is 0 Å². The number of hydrogen-bond acceptors (Lipinski definition) is 5. The Balaban J connectivity index is 1.76. The number of aromatic nitrogens is 2. The molecule has 1 heterocycles. The molecule has 0 saturated heterocycles. The maximum absolute atomic E-state index is 12.6. The Bertz CT molecular complexity index is 1160. The number of carbonyl (C=O) groups excluding carboxylic acids is 1. The largest absolute Gasteiger partial charge is 0.322 e. The van der Waals surface area contributed by atoms with Crippen LogP contribution < -0.4 is 10.0 Å². The van der Waals surface area contributed by atoms with Crippen molar-refractivity contribution < 1.29 is 13.2 Å². The summed E-state index contributed by atoms with van der Waals surface area (Å²) in [6, 6.07) is 11.8. The fourth-order valence-electron chi connectivity index (χ4n) is 2.56. The van der Waals surface area contributed by atoms with E-state index in [-0.39, 0.29) is 21.3 Å². The van der Waals surface area contributed by atoms with Crippen LogP contribution in [0.3, 0.4) is 0 Å². The molecule has 0 atom stereocenters. The van der Waals surface area contributed by atoms with Crippen molar-refractivity contribution in [3.05, 3.63) is 75.7 Å². The Kier molecular flexibility index (Phi) is 6.07. The first kappa shape index (κ1) is 21.0. The van der Waals surface area contributed by atoms with Crippen LogP contribution in [0.15, 0.2) is 53.4 Å². The molecule has 0 aliphatic rings. The number of rotatable bonds is 5. The lowest BCUT2D eigenvalue weighted by Gasteiger charge is -2.10. The van der Waals surface area contributed by atoms with E-state index in [1.807, 2.05) is 0 Å². The predicted octanol–water partition coefficient (Wildman–Crippen LogP) is 4.45. The van der Waals surface area contributed by atoms with Gasteiger partial charge in [0.25, 0.3) is 15.9 Å². The van der Waals surface area contributed by atoms with Gasteiger partial charge in [-0.05, 0) is 56.3 Å². The highest BCUT2D eigenvalue weighted by molar-refractivity contribution is 7.92. The van der Waals surface area contributed by atoms with Gasteiger partial charge in [-0.3, -0.25) is 9.52 Å². The van der Waals surface area contributed by atoms with Crippen LogP contribution in [0.25, 0.3) is 0 Å². The number of sulfonamides is 1. The van der Waals surface area contributed by atoms with Crippen molar-refractivity contribution in [2.75, 3.05) is 10.0 Å². The minimum atomic E-state index is -3.84. The lowest BCUT2D eigenvalue weighted by molar-refractivity contribution is 0.102. The van der Waals surface area contributed by atoms with Crippen molar-refractivity contribution in [1.82, 2.24) is 9.97 Å². The molecule has 150 valence electrons. The highest BCUT2D eigenvalue weighted by atomic mass is 35.5. The number of amides is 1. The molecule has 0 aliphatic carbocycles. The SMILES string of the molecule is Cc1cc(NS(=O)(=O)c2ccc(NC(=O)c3ccc(Cl)cc3Cl)cc2)nc(C)n1. The number of carbonyl (C=O) groups is 1. The predicted molar refractivity (Wildman–Crippen MR) is 113 cm³/mol. The van der Waals surface area contributed by atoms with Crippen molar-refractivity contribution in [2.24, 2.45) is 0 Å². The van der Waals surface area contributed by atoms with Gasteiger partial charge < -0.3 is 5.32 Å². The summed E-state index contributed by atoms with van der Waals surface area (Å²) in [7, 11) is -3.84. The second-order valence-corrected chi connectivity index (χ2v) is 8.68. The average molecular weight is 451 g/mol. The van der Waals surface area contributed by atoms with E-state index in [2.05, 4.69) is 20.0 Å². The summed E-state index contributed by atoms with van der Waals surface area (Å²) >= 11 is 11.9. The van der Waals surface area contributed by atoms with Gasteiger partial charge >= 0.3 is 0 Å². The van der Waals surface area contributed by atoms with Crippen molar-refractivity contribution in [2.45, 2.75) is 18.7 Å². The fourth-order valence-corrected chi connectivity index (χ4v) is 4.04. The third kappa shape index (κ3) is 5.23. The number of hydrogen-bond donors (Lipinski definition) is 2. The molecule has 3 aromatic rings. The third-order valence-electron chi connectivity index (χ3n) is 3.80. The first-order valence-electron chi connectivity index (χ1n) is 8.35. The van der Waals surface area contributed by atoms with E-state index in [4.69, 9.17) is 23.2 Å². The number of anilines is 2. The zero-order valence-corrected chi connectivity index (χ0v) is 17.7. The standard InChI is InChI=1S/C19H16Cl2N4O3S/c1-11-9-18(23-12(2)22-11)25-29(27,28)15-6-4-14(5-7-15)24-19(26)16-8-3-13(20)10-17(16)21/h3-10H,1-2H3,(H,24,26)(H,22,23,25). The van der Waals surface area contributed by atoms with Crippen molar-refractivity contribution in [3.8, 4) is 0 Å². The molecule has 0 radical (unpaired) electrons. The Morgan fingerprint density at radius 1 is 0.966 bits per heavy atom. The van der Waals surface area contributed by atoms with Gasteiger partial charge in [-0.1, -0.05) is 23.2 Å². The van der Waals surface area contributed by atoms with Gasteiger partial charge in [-0.25, -0.2) is 18.4 Å². The highest BCUT2D eigenvalue weighted by Crippen LogP contribution is 2.23. The minimum absolute atomic E-state index is 0.0222. The van der Waals surface area contributed by atoms with Crippen LogP contribution in [0, 0.1) is 13.8 Å². The van der Waals surface area contributed by atoms with Crippen molar-refractivity contribution in [3.63, 3.8) is 0 Å². The monoisotopic (exact) mass is 450 g/mol. The summed E-state index contributed by atoms with van der Waals surface area (Å²) in [6.45, 7) is 3.42. The Labute approximate surface area is 178 Å². The molecule has 2 N–H and O–H groups in total. The summed E-state index contributed by atoms with van der Waals surface area (Å²) in [5, 5.41) is 3.30. The Hall–Kier alpha value is -2.68. The molecule has 0 spiro atoms. The third-order valence-corrected chi connectivity index (χ3v) is 5.72. The van der Waals surface area contributed by atoms with Crippen LogP contribution in [0.5, 0.6) is 0 Å². The highest BCUT2D eigenvalue weighted by Gasteiger charge is 2.16. The van der Waals surface area contributed by atoms with Crippen LogP contribution in [0.2, 0.25) is 10.0 Å². The normalized spacial score (nSPS) is 11.2. The first-order chi connectivity index (χ1) is 13.6. The summed E-state index contributed by atoms with van der Waals surface area (Å²) in [5.74, 6) is 0.207. The fraction of sp³-hybridized carbons (Fsp3) is 0.105. The first-order valence-corrected chi connectivity index (χ1v) is 10.6. The van der Waals surface area contributed by atoms with Crippen LogP contribution in [0.1, 0.15) is 21.9 Å². The van der Waals surface area contributed by atoms with E-state index in [0.717, 1.165) is 0 Å². The van der Waals surface area contributed by atoms with Gasteiger partial charge in [0.1, 0.15) is 11.6 Å². The second kappa shape index (κ2) is 8.36. The van der Waals surface area contributed by atoms with E-state index in [1.54, 1.807) is 19.9 Å². The lowest BCUT2D eigenvalue weighted by Crippen LogP contribution is -2.15. The van der Waals surface area contributed by atoms with E-state index < -0.39 is 15.9 Å². The zero-order valence-electron chi connectivity index (χ0n) is 15.4. The van der Waals surface area contributed by atoms with Gasteiger partial charge in [-0.15, -0.1) is 0 Å². The van der Waals surface area contributed by atoms with Crippen LogP contribution in [0.4, 0.5) is 11.5 Å². The van der Waals surface area contributed by atoms with E-state index >= 15 is 0 Å². The van der Waals surface area contributed by atoms with Gasteiger partial charge in [-0.2, -0.15) is 0 Å². The van der Waals surface area contributed by atoms with Gasteiger partial charge in [0, 0.05) is 22.5 Å². The number of aryl methyl sites for hydroxylation is 2. The Morgan fingerprint density at radius 2 is 1.66 bits per heavy atom. The molecule has 0 unspecified atom stereocenters. The van der Waals surface area contributed by atoms with E-state index in [0.29, 0.717) is 22.2 Å². The number of halogens is 2. The number of nitrogens with one attached hydrogen (secondary N) is 2. The molecule has 0 bridgehead atoms. The van der Waals surface area contributed by atoms with Gasteiger partial charge in [0.2, 0.25) is 0 Å². The maximum Gasteiger partial charge on any atom is 0.263 e.